The summed E-state index contributed by atoms with van der Waals surface area (Å²) < 4.78 is 7.77. The average Bonchev–Trinajstić information content (AvgIpc) is 3.05. The Bertz CT molecular complexity index is 631. The van der Waals surface area contributed by atoms with Crippen molar-refractivity contribution in [2.24, 2.45) is 7.05 Å². The summed E-state index contributed by atoms with van der Waals surface area (Å²) in [6.45, 7) is 2.72. The average molecular weight is 327 g/mol. The second-order valence-corrected chi connectivity index (χ2v) is 6.00. The van der Waals surface area contributed by atoms with E-state index in [0.29, 0.717) is 10.0 Å². The van der Waals surface area contributed by atoms with Crippen molar-refractivity contribution in [3.63, 3.8) is 0 Å². The van der Waals surface area contributed by atoms with Crippen LogP contribution in [-0.4, -0.2) is 39.1 Å². The Hall–Kier alpha value is -1.30. The largest absolute Gasteiger partial charge is 0.489 e. The molecule has 0 N–H and O–H groups in total. The summed E-state index contributed by atoms with van der Waals surface area (Å²) in [6.07, 6.45) is 2.96. The van der Waals surface area contributed by atoms with E-state index in [1.165, 1.54) is 0 Å². The molecule has 1 aromatic carbocycles. The smallest absolute Gasteiger partial charge is 0.121 e. The summed E-state index contributed by atoms with van der Waals surface area (Å²) in [4.78, 5) is 2.33. The minimum absolute atomic E-state index is 0.170. The first-order valence-electron chi connectivity index (χ1n) is 6.79. The lowest BCUT2D eigenvalue weighted by atomic mass is 10.3. The highest BCUT2D eigenvalue weighted by Crippen LogP contribution is 2.28. The van der Waals surface area contributed by atoms with Gasteiger partial charge in [0.15, 0.2) is 0 Å². The summed E-state index contributed by atoms with van der Waals surface area (Å²) >= 11 is 11.9. The lowest BCUT2D eigenvalue weighted by molar-refractivity contribution is 0.197. The zero-order valence-corrected chi connectivity index (χ0v) is 13.2. The first kappa shape index (κ1) is 14.6. The fraction of sp³-hybridized carbons (Fsp3) is 0.429. The molecule has 112 valence electrons. The van der Waals surface area contributed by atoms with E-state index in [2.05, 4.69) is 15.2 Å². The van der Waals surface area contributed by atoms with E-state index in [1.54, 1.807) is 23.0 Å². The van der Waals surface area contributed by atoms with Gasteiger partial charge in [-0.25, -0.2) is 0 Å². The fourth-order valence-corrected chi connectivity index (χ4v) is 2.75. The van der Waals surface area contributed by atoms with Crippen molar-refractivity contribution in [1.29, 1.82) is 0 Å². The van der Waals surface area contributed by atoms with Crippen LogP contribution in [0.4, 0.5) is 0 Å². The first-order valence-corrected chi connectivity index (χ1v) is 7.55. The van der Waals surface area contributed by atoms with Gasteiger partial charge in [-0.15, -0.1) is 5.10 Å². The van der Waals surface area contributed by atoms with Gasteiger partial charge in [0.2, 0.25) is 0 Å². The van der Waals surface area contributed by atoms with E-state index in [4.69, 9.17) is 27.9 Å². The number of ether oxygens (including phenoxy) is 1. The van der Waals surface area contributed by atoms with E-state index in [9.17, 15) is 0 Å². The van der Waals surface area contributed by atoms with E-state index in [1.807, 2.05) is 13.1 Å². The Labute approximate surface area is 133 Å². The zero-order chi connectivity index (χ0) is 14.8. The van der Waals surface area contributed by atoms with Gasteiger partial charge in [-0.05, 0) is 18.6 Å². The molecule has 1 atom stereocenters. The fourth-order valence-electron chi connectivity index (χ4n) is 2.46. The van der Waals surface area contributed by atoms with Gasteiger partial charge in [-0.2, -0.15) is 0 Å². The Balaban J connectivity index is 1.57. The number of aromatic nitrogens is 3. The normalized spacial score (nSPS) is 19.1. The van der Waals surface area contributed by atoms with E-state index < -0.39 is 0 Å². The third-order valence-electron chi connectivity index (χ3n) is 3.62. The highest BCUT2D eigenvalue weighted by atomic mass is 35.5. The van der Waals surface area contributed by atoms with Crippen molar-refractivity contribution in [2.75, 3.05) is 13.1 Å². The molecule has 1 fully saturated rings. The van der Waals surface area contributed by atoms with Gasteiger partial charge in [0.05, 0.1) is 21.9 Å². The maximum atomic E-state index is 6.00. The van der Waals surface area contributed by atoms with Crippen LogP contribution in [0.2, 0.25) is 10.0 Å². The Morgan fingerprint density at radius 1 is 1.33 bits per heavy atom. The van der Waals surface area contributed by atoms with Gasteiger partial charge in [0.25, 0.3) is 0 Å². The maximum absolute atomic E-state index is 6.00. The predicted molar refractivity (Wildman–Crippen MR) is 81.8 cm³/mol. The summed E-state index contributed by atoms with van der Waals surface area (Å²) in [5.74, 6) is 0.762. The molecule has 3 rings (SSSR count). The summed E-state index contributed by atoms with van der Waals surface area (Å²) in [6, 6.07) is 5.37. The van der Waals surface area contributed by atoms with E-state index >= 15 is 0 Å². The quantitative estimate of drug-likeness (QED) is 0.866. The molecule has 1 aliphatic heterocycles. The van der Waals surface area contributed by atoms with Crippen LogP contribution in [0.3, 0.4) is 0 Å². The van der Waals surface area contributed by atoms with Gasteiger partial charge in [-0.3, -0.25) is 9.58 Å². The molecule has 1 aromatic heterocycles. The van der Waals surface area contributed by atoms with Crippen molar-refractivity contribution in [1.82, 2.24) is 19.9 Å². The number of aryl methyl sites for hydroxylation is 1. The lowest BCUT2D eigenvalue weighted by Crippen LogP contribution is -2.25. The molecule has 0 bridgehead atoms. The summed E-state index contributed by atoms with van der Waals surface area (Å²) in [7, 11) is 1.90. The predicted octanol–water partition coefficient (Wildman–Crippen LogP) is 2.78. The highest BCUT2D eigenvalue weighted by molar-refractivity contribution is 6.42. The number of halogens is 2. The van der Waals surface area contributed by atoms with Crippen molar-refractivity contribution in [3.8, 4) is 5.75 Å². The molecule has 0 amide bonds. The van der Waals surface area contributed by atoms with Gasteiger partial charge in [-0.1, -0.05) is 28.4 Å². The van der Waals surface area contributed by atoms with Gasteiger partial charge in [0, 0.05) is 32.7 Å². The molecule has 2 aromatic rings. The van der Waals surface area contributed by atoms with Gasteiger partial charge >= 0.3 is 0 Å². The van der Waals surface area contributed by atoms with E-state index in [-0.39, 0.29) is 6.10 Å². The number of rotatable bonds is 4. The van der Waals surface area contributed by atoms with Crippen molar-refractivity contribution >= 4 is 23.2 Å². The number of hydrogen-bond acceptors (Lipinski definition) is 4. The molecule has 0 aliphatic carbocycles. The second kappa shape index (κ2) is 6.22. The monoisotopic (exact) mass is 326 g/mol. The van der Waals surface area contributed by atoms with Crippen LogP contribution in [0.1, 0.15) is 12.1 Å². The number of hydrogen-bond donors (Lipinski definition) is 0. The van der Waals surface area contributed by atoms with E-state index in [0.717, 1.165) is 37.5 Å². The number of nitrogens with zero attached hydrogens (tertiary/aromatic N) is 4. The Kier molecular flexibility index (Phi) is 4.33. The maximum Gasteiger partial charge on any atom is 0.121 e. The zero-order valence-electron chi connectivity index (χ0n) is 11.7. The molecular weight excluding hydrogens is 311 g/mol. The molecule has 0 unspecified atom stereocenters. The molecule has 0 spiro atoms. The Morgan fingerprint density at radius 2 is 2.19 bits per heavy atom. The van der Waals surface area contributed by atoms with Gasteiger partial charge < -0.3 is 4.74 Å². The molecule has 0 radical (unpaired) electrons. The van der Waals surface area contributed by atoms with Crippen LogP contribution in [-0.2, 0) is 13.6 Å². The van der Waals surface area contributed by atoms with Crippen molar-refractivity contribution in [2.45, 2.75) is 19.1 Å². The summed E-state index contributed by atoms with van der Waals surface area (Å²) in [5.41, 5.74) is 1.10. The minimum atomic E-state index is 0.170. The molecule has 0 saturated carbocycles. The molecule has 5 nitrogen and oxygen atoms in total. The van der Waals surface area contributed by atoms with Crippen LogP contribution in [0.15, 0.2) is 24.4 Å². The third kappa shape index (κ3) is 3.48. The standard InChI is InChI=1S/C14H16Cl2N4O/c1-19-10(7-17-18-19)8-20-5-4-12(9-20)21-11-2-3-13(15)14(16)6-11/h2-3,6-7,12H,4-5,8-9H2,1H3/t12-/m1/s1. The highest BCUT2D eigenvalue weighted by Gasteiger charge is 2.24. The lowest BCUT2D eigenvalue weighted by Gasteiger charge is -2.16. The molecule has 1 saturated heterocycles. The molecule has 7 heteroatoms. The van der Waals surface area contributed by atoms with Crippen molar-refractivity contribution in [3.05, 3.63) is 40.1 Å². The minimum Gasteiger partial charge on any atom is -0.489 e. The van der Waals surface area contributed by atoms with Crippen LogP contribution in [0, 0.1) is 0 Å². The van der Waals surface area contributed by atoms with Crippen LogP contribution in [0.25, 0.3) is 0 Å². The number of likely N-dealkylation sites (tertiary alicyclic amines) is 1. The summed E-state index contributed by atoms with van der Waals surface area (Å²) in [5, 5.41) is 8.90. The Morgan fingerprint density at radius 3 is 2.90 bits per heavy atom. The first-order chi connectivity index (χ1) is 10.1. The topological polar surface area (TPSA) is 43.2 Å². The molecule has 1 aliphatic rings. The number of benzene rings is 1. The van der Waals surface area contributed by atoms with Gasteiger partial charge in [0.1, 0.15) is 11.9 Å². The molecular formula is C14H16Cl2N4O. The van der Waals surface area contributed by atoms with Crippen LogP contribution >= 0.6 is 23.2 Å². The third-order valence-corrected chi connectivity index (χ3v) is 4.36. The van der Waals surface area contributed by atoms with Crippen molar-refractivity contribution < 1.29 is 4.74 Å². The van der Waals surface area contributed by atoms with Crippen LogP contribution < -0.4 is 4.74 Å². The molecule has 21 heavy (non-hydrogen) atoms. The van der Waals surface area contributed by atoms with Crippen LogP contribution in [0.5, 0.6) is 5.75 Å². The molecule has 2 heterocycles. The second-order valence-electron chi connectivity index (χ2n) is 5.19. The SMILES string of the molecule is Cn1nncc1CN1CC[C@@H](Oc2ccc(Cl)c(Cl)c2)C1.